The Morgan fingerprint density at radius 3 is 2.53 bits per heavy atom. The monoisotopic (exact) mass is 239 g/mol. The van der Waals surface area contributed by atoms with Gasteiger partial charge < -0.3 is 10.5 Å². The van der Waals surface area contributed by atoms with Gasteiger partial charge in [-0.05, 0) is 50.4 Å². The summed E-state index contributed by atoms with van der Waals surface area (Å²) in [5.41, 5.74) is 7.01. The topological polar surface area (TPSA) is 52.3 Å². The van der Waals surface area contributed by atoms with Crippen LogP contribution in [0.15, 0.2) is 11.8 Å². The van der Waals surface area contributed by atoms with Crippen molar-refractivity contribution < 1.29 is 9.53 Å². The molecule has 0 aromatic carbocycles. The molecular weight excluding hydrogens is 214 g/mol. The van der Waals surface area contributed by atoms with Gasteiger partial charge in [-0.2, -0.15) is 0 Å². The lowest BCUT2D eigenvalue weighted by molar-refractivity contribution is -0.137. The number of hydrogen-bond donors (Lipinski definition) is 1. The van der Waals surface area contributed by atoms with Gasteiger partial charge in [-0.1, -0.05) is 13.8 Å². The Balaban J connectivity index is 2.37. The van der Waals surface area contributed by atoms with E-state index in [0.29, 0.717) is 23.6 Å². The van der Waals surface area contributed by atoms with Crippen LogP contribution < -0.4 is 5.73 Å². The Bertz CT molecular complexity index is 285. The number of esters is 1. The van der Waals surface area contributed by atoms with E-state index in [1.54, 1.807) is 6.92 Å². The summed E-state index contributed by atoms with van der Waals surface area (Å²) in [6, 6.07) is 0. The van der Waals surface area contributed by atoms with E-state index in [9.17, 15) is 4.79 Å². The SMILES string of the molecule is CCOC(=O)/C=C(/N)CC1CCC(C)(C)CC1. The van der Waals surface area contributed by atoms with Crippen LogP contribution in [0.2, 0.25) is 0 Å². The molecule has 98 valence electrons. The van der Waals surface area contributed by atoms with Crippen LogP contribution in [0.3, 0.4) is 0 Å². The molecule has 0 atom stereocenters. The van der Waals surface area contributed by atoms with Crippen LogP contribution in [0.4, 0.5) is 0 Å². The van der Waals surface area contributed by atoms with Gasteiger partial charge in [-0.25, -0.2) is 4.79 Å². The first-order valence-corrected chi connectivity index (χ1v) is 6.56. The quantitative estimate of drug-likeness (QED) is 0.606. The van der Waals surface area contributed by atoms with Crippen molar-refractivity contribution in [3.05, 3.63) is 11.8 Å². The number of carbonyl (C=O) groups excluding carboxylic acids is 1. The molecule has 0 unspecified atom stereocenters. The molecule has 1 rings (SSSR count). The lowest BCUT2D eigenvalue weighted by Crippen LogP contribution is -2.22. The lowest BCUT2D eigenvalue weighted by atomic mass is 9.72. The fourth-order valence-corrected chi connectivity index (χ4v) is 2.39. The summed E-state index contributed by atoms with van der Waals surface area (Å²) in [5, 5.41) is 0. The van der Waals surface area contributed by atoms with Crippen molar-refractivity contribution >= 4 is 5.97 Å². The first-order valence-electron chi connectivity index (χ1n) is 6.56. The second kappa shape index (κ2) is 6.08. The molecule has 0 spiro atoms. The van der Waals surface area contributed by atoms with Crippen molar-refractivity contribution in [1.82, 2.24) is 0 Å². The predicted molar refractivity (Wildman–Crippen MR) is 69.3 cm³/mol. The number of nitrogens with two attached hydrogens (primary N) is 1. The molecular formula is C14H25NO2. The highest BCUT2D eigenvalue weighted by Crippen LogP contribution is 2.39. The van der Waals surface area contributed by atoms with Crippen molar-refractivity contribution in [1.29, 1.82) is 0 Å². The maximum atomic E-state index is 11.2. The van der Waals surface area contributed by atoms with Crippen molar-refractivity contribution in [3.63, 3.8) is 0 Å². The smallest absolute Gasteiger partial charge is 0.332 e. The van der Waals surface area contributed by atoms with E-state index >= 15 is 0 Å². The van der Waals surface area contributed by atoms with E-state index in [-0.39, 0.29) is 5.97 Å². The van der Waals surface area contributed by atoms with Crippen LogP contribution in [-0.4, -0.2) is 12.6 Å². The maximum Gasteiger partial charge on any atom is 0.332 e. The van der Waals surface area contributed by atoms with Gasteiger partial charge in [-0.3, -0.25) is 0 Å². The Hall–Kier alpha value is -0.990. The Morgan fingerprint density at radius 1 is 1.41 bits per heavy atom. The average molecular weight is 239 g/mol. The number of hydrogen-bond acceptors (Lipinski definition) is 3. The molecule has 1 fully saturated rings. The summed E-state index contributed by atoms with van der Waals surface area (Å²) >= 11 is 0. The van der Waals surface area contributed by atoms with Crippen LogP contribution in [-0.2, 0) is 9.53 Å². The molecule has 0 aliphatic heterocycles. The van der Waals surface area contributed by atoms with Crippen LogP contribution in [0, 0.1) is 11.3 Å². The third kappa shape index (κ3) is 5.24. The number of carbonyl (C=O) groups is 1. The van der Waals surface area contributed by atoms with E-state index in [2.05, 4.69) is 13.8 Å². The van der Waals surface area contributed by atoms with Gasteiger partial charge in [0.2, 0.25) is 0 Å². The Labute approximate surface area is 104 Å². The van der Waals surface area contributed by atoms with Crippen molar-refractivity contribution in [3.8, 4) is 0 Å². The normalized spacial score (nSPS) is 21.2. The highest BCUT2D eigenvalue weighted by atomic mass is 16.5. The fraction of sp³-hybridized carbons (Fsp3) is 0.786. The predicted octanol–water partition coefficient (Wildman–Crippen LogP) is 3.00. The van der Waals surface area contributed by atoms with E-state index in [1.807, 2.05) is 0 Å². The standard InChI is InChI=1S/C14H25NO2/c1-4-17-13(16)10-12(15)9-11-5-7-14(2,3)8-6-11/h10-11H,4-9,15H2,1-3H3/b12-10+. The summed E-state index contributed by atoms with van der Waals surface area (Å²) in [7, 11) is 0. The molecule has 1 aliphatic carbocycles. The third-order valence-electron chi connectivity index (χ3n) is 3.57. The molecule has 2 N–H and O–H groups in total. The van der Waals surface area contributed by atoms with E-state index in [1.165, 1.54) is 31.8 Å². The van der Waals surface area contributed by atoms with Gasteiger partial charge in [0.1, 0.15) is 0 Å². The van der Waals surface area contributed by atoms with Crippen LogP contribution in [0.5, 0.6) is 0 Å². The second-order valence-electron chi connectivity index (χ2n) is 5.78. The second-order valence-corrected chi connectivity index (χ2v) is 5.78. The Kier molecular flexibility index (Phi) is 5.03. The molecule has 0 aromatic rings. The van der Waals surface area contributed by atoms with Crippen LogP contribution in [0.25, 0.3) is 0 Å². The zero-order chi connectivity index (χ0) is 12.9. The summed E-state index contributed by atoms with van der Waals surface area (Å²) in [5.74, 6) is 0.315. The van der Waals surface area contributed by atoms with Gasteiger partial charge in [0.25, 0.3) is 0 Å². The van der Waals surface area contributed by atoms with E-state index in [4.69, 9.17) is 10.5 Å². The van der Waals surface area contributed by atoms with Crippen LogP contribution >= 0.6 is 0 Å². The van der Waals surface area contributed by atoms with Gasteiger partial charge in [0.15, 0.2) is 0 Å². The minimum atomic E-state index is -0.318. The molecule has 1 aliphatic rings. The zero-order valence-corrected chi connectivity index (χ0v) is 11.3. The molecule has 0 aromatic heterocycles. The molecule has 0 saturated heterocycles. The fourth-order valence-electron chi connectivity index (χ4n) is 2.39. The van der Waals surface area contributed by atoms with Crippen molar-refractivity contribution in [2.75, 3.05) is 6.61 Å². The molecule has 17 heavy (non-hydrogen) atoms. The van der Waals surface area contributed by atoms with E-state index < -0.39 is 0 Å². The average Bonchev–Trinajstić information content (AvgIpc) is 2.21. The summed E-state index contributed by atoms with van der Waals surface area (Å²) < 4.78 is 4.84. The third-order valence-corrected chi connectivity index (χ3v) is 3.57. The maximum absolute atomic E-state index is 11.2. The van der Waals surface area contributed by atoms with Gasteiger partial charge in [0, 0.05) is 11.8 Å². The van der Waals surface area contributed by atoms with Gasteiger partial charge in [0.05, 0.1) is 6.61 Å². The highest BCUT2D eigenvalue weighted by molar-refractivity contribution is 5.82. The first kappa shape index (κ1) is 14.1. The molecule has 3 heteroatoms. The number of rotatable bonds is 4. The van der Waals surface area contributed by atoms with Crippen molar-refractivity contribution in [2.24, 2.45) is 17.1 Å². The van der Waals surface area contributed by atoms with Gasteiger partial charge in [-0.15, -0.1) is 0 Å². The largest absolute Gasteiger partial charge is 0.463 e. The molecule has 3 nitrogen and oxygen atoms in total. The van der Waals surface area contributed by atoms with Crippen LogP contribution in [0.1, 0.15) is 52.9 Å². The van der Waals surface area contributed by atoms with Gasteiger partial charge >= 0.3 is 5.97 Å². The molecule has 0 heterocycles. The summed E-state index contributed by atoms with van der Waals surface area (Å²) in [6.07, 6.45) is 7.20. The minimum absolute atomic E-state index is 0.318. The molecule has 1 saturated carbocycles. The summed E-state index contributed by atoms with van der Waals surface area (Å²) in [6.45, 7) is 6.84. The highest BCUT2D eigenvalue weighted by Gasteiger charge is 2.26. The van der Waals surface area contributed by atoms with Crippen molar-refractivity contribution in [2.45, 2.75) is 52.9 Å². The minimum Gasteiger partial charge on any atom is -0.463 e. The van der Waals surface area contributed by atoms with E-state index in [0.717, 1.165) is 6.42 Å². The number of ether oxygens (including phenoxy) is 1. The first-order chi connectivity index (χ1) is 7.93. The molecule has 0 bridgehead atoms. The Morgan fingerprint density at radius 2 is 2.00 bits per heavy atom. The lowest BCUT2D eigenvalue weighted by Gasteiger charge is -2.34. The zero-order valence-electron chi connectivity index (χ0n) is 11.3. The molecule has 0 amide bonds. The molecule has 0 radical (unpaired) electrons. The number of allylic oxidation sites excluding steroid dienone is 1. The summed E-state index contributed by atoms with van der Waals surface area (Å²) in [4.78, 5) is 11.2.